The molecule has 1 amide bonds. The molecule has 1 aromatic carbocycles. The summed E-state index contributed by atoms with van der Waals surface area (Å²) >= 11 is 0. The zero-order valence-corrected chi connectivity index (χ0v) is 19.5. The fraction of sp³-hybridized carbons (Fsp3) is 0.455. The third-order valence-corrected chi connectivity index (χ3v) is 7.46. The Morgan fingerprint density at radius 1 is 1.26 bits per heavy atom. The molecule has 1 aromatic heterocycles. The molecule has 0 bridgehead atoms. The zero-order chi connectivity index (χ0) is 22.8. The van der Waals surface area contributed by atoms with Crippen LogP contribution in [0.5, 0.6) is 0 Å². The zero-order valence-electron chi connectivity index (χ0n) is 18.7. The first-order chi connectivity index (χ1) is 14.6. The lowest BCUT2D eigenvalue weighted by atomic mass is 9.98. The number of carbonyl (C=O) groups is 1. The highest BCUT2D eigenvalue weighted by atomic mass is 32.2. The molecule has 0 saturated carbocycles. The molecule has 0 spiro atoms. The molecule has 31 heavy (non-hydrogen) atoms. The maximum absolute atomic E-state index is 13.4. The van der Waals surface area contributed by atoms with Crippen molar-refractivity contribution in [3.05, 3.63) is 47.0 Å². The van der Waals surface area contributed by atoms with E-state index in [1.54, 1.807) is 24.1 Å². The van der Waals surface area contributed by atoms with Gasteiger partial charge in [-0.15, -0.1) is 0 Å². The number of sulfonamides is 1. The van der Waals surface area contributed by atoms with Gasteiger partial charge in [0, 0.05) is 45.1 Å². The van der Waals surface area contributed by atoms with Crippen molar-refractivity contribution >= 4 is 27.7 Å². The molecule has 1 fully saturated rings. The number of hydrogen-bond acceptors (Lipinski definition) is 6. The first-order valence-electron chi connectivity index (χ1n) is 10.3. The average molecular weight is 447 g/mol. The lowest BCUT2D eigenvalue weighted by Crippen LogP contribution is -2.44. The van der Waals surface area contributed by atoms with Gasteiger partial charge in [-0.25, -0.2) is 8.42 Å². The molecule has 3 rings (SSSR count). The van der Waals surface area contributed by atoms with Gasteiger partial charge in [0.15, 0.2) is 10.7 Å². The molecule has 2 heterocycles. The summed E-state index contributed by atoms with van der Waals surface area (Å²) < 4.78 is 33.5. The number of piperidine rings is 1. The van der Waals surface area contributed by atoms with Crippen molar-refractivity contribution in [2.75, 3.05) is 32.5 Å². The SMILES string of the molecule is Cc1cccc(C)c1NC(=O)[C@H]1CCCN(S(=O)(=O)c2c(C)noc2/C=C/N(C)C)C1. The molecule has 0 radical (unpaired) electrons. The Balaban J connectivity index is 1.82. The summed E-state index contributed by atoms with van der Waals surface area (Å²) in [6, 6.07) is 5.83. The fourth-order valence-electron chi connectivity index (χ4n) is 3.76. The van der Waals surface area contributed by atoms with Crippen molar-refractivity contribution in [1.82, 2.24) is 14.4 Å². The van der Waals surface area contributed by atoms with Gasteiger partial charge in [-0.2, -0.15) is 4.31 Å². The van der Waals surface area contributed by atoms with Crippen molar-refractivity contribution in [2.24, 2.45) is 5.92 Å². The van der Waals surface area contributed by atoms with E-state index in [2.05, 4.69) is 10.5 Å². The van der Waals surface area contributed by atoms with Crippen LogP contribution < -0.4 is 5.32 Å². The molecule has 0 unspecified atom stereocenters. The average Bonchev–Trinajstić information content (AvgIpc) is 3.10. The van der Waals surface area contributed by atoms with Crippen LogP contribution in [-0.2, 0) is 14.8 Å². The first-order valence-corrected chi connectivity index (χ1v) is 11.7. The molecule has 9 heteroatoms. The number of aryl methyl sites for hydroxylation is 3. The van der Waals surface area contributed by atoms with Gasteiger partial charge < -0.3 is 14.7 Å². The van der Waals surface area contributed by atoms with E-state index >= 15 is 0 Å². The number of hydrogen-bond donors (Lipinski definition) is 1. The second kappa shape index (κ2) is 9.23. The third-order valence-electron chi connectivity index (χ3n) is 5.44. The van der Waals surface area contributed by atoms with E-state index < -0.39 is 15.9 Å². The highest BCUT2D eigenvalue weighted by Gasteiger charge is 2.37. The summed E-state index contributed by atoms with van der Waals surface area (Å²) in [5.74, 6) is -0.399. The maximum Gasteiger partial charge on any atom is 0.248 e. The second-order valence-electron chi connectivity index (χ2n) is 8.20. The van der Waals surface area contributed by atoms with Crippen LogP contribution in [0.4, 0.5) is 5.69 Å². The third kappa shape index (κ3) is 4.99. The number of rotatable bonds is 6. The van der Waals surface area contributed by atoms with Crippen LogP contribution in [0.15, 0.2) is 33.8 Å². The standard InChI is InChI=1S/C22H30N4O4S/c1-15-8-6-9-16(2)20(15)23-22(27)18-10-7-12-26(14-18)31(28,29)21-17(3)24-30-19(21)11-13-25(4)5/h6,8-9,11,13,18H,7,10,12,14H2,1-5H3,(H,23,27)/b13-11+/t18-/m0/s1. The minimum absolute atomic E-state index is 0.0569. The number of nitrogens with zero attached hydrogens (tertiary/aromatic N) is 3. The van der Waals surface area contributed by atoms with Gasteiger partial charge in [-0.3, -0.25) is 4.79 Å². The lowest BCUT2D eigenvalue weighted by Gasteiger charge is -2.31. The highest BCUT2D eigenvalue weighted by Crippen LogP contribution is 2.30. The normalized spacial score (nSPS) is 17.8. The van der Waals surface area contributed by atoms with Crippen molar-refractivity contribution < 1.29 is 17.7 Å². The number of nitrogens with one attached hydrogen (secondary N) is 1. The molecule has 1 aliphatic rings. The van der Waals surface area contributed by atoms with Crippen LogP contribution in [0.2, 0.25) is 0 Å². The van der Waals surface area contributed by atoms with Crippen molar-refractivity contribution in [3.8, 4) is 0 Å². The molecular formula is C22H30N4O4S. The monoisotopic (exact) mass is 446 g/mol. The Labute approximate surface area is 183 Å². The van der Waals surface area contributed by atoms with Gasteiger partial charge in [0.25, 0.3) is 0 Å². The Morgan fingerprint density at radius 3 is 2.58 bits per heavy atom. The number of para-hydroxylation sites is 1. The van der Waals surface area contributed by atoms with Crippen molar-refractivity contribution in [2.45, 2.75) is 38.5 Å². The largest absolute Gasteiger partial charge is 0.383 e. The van der Waals surface area contributed by atoms with E-state index in [4.69, 9.17) is 4.52 Å². The highest BCUT2D eigenvalue weighted by molar-refractivity contribution is 7.89. The van der Waals surface area contributed by atoms with Gasteiger partial charge in [0.2, 0.25) is 15.9 Å². The Kier molecular flexibility index (Phi) is 6.86. The van der Waals surface area contributed by atoms with E-state index in [-0.39, 0.29) is 23.1 Å². The van der Waals surface area contributed by atoms with Crippen molar-refractivity contribution in [1.29, 1.82) is 0 Å². The Hall–Kier alpha value is -2.65. The van der Waals surface area contributed by atoms with Crippen LogP contribution in [0.1, 0.15) is 35.4 Å². The first kappa shape index (κ1) is 23.0. The van der Waals surface area contributed by atoms with Crippen LogP contribution in [0, 0.1) is 26.7 Å². The summed E-state index contributed by atoms with van der Waals surface area (Å²) in [5, 5.41) is 6.86. The smallest absolute Gasteiger partial charge is 0.248 e. The van der Waals surface area contributed by atoms with E-state index in [9.17, 15) is 13.2 Å². The summed E-state index contributed by atoms with van der Waals surface area (Å²) in [7, 11) is -0.194. The van der Waals surface area contributed by atoms with Gasteiger partial charge >= 0.3 is 0 Å². The maximum atomic E-state index is 13.4. The summed E-state index contributed by atoms with van der Waals surface area (Å²) in [5.41, 5.74) is 3.05. The van der Waals surface area contributed by atoms with E-state index in [1.165, 1.54) is 4.31 Å². The van der Waals surface area contributed by atoms with Gasteiger partial charge in [-0.1, -0.05) is 23.4 Å². The molecule has 168 valence electrons. The molecule has 1 aliphatic heterocycles. The summed E-state index contributed by atoms with van der Waals surface area (Å²) in [4.78, 5) is 14.8. The number of carbonyl (C=O) groups excluding carboxylic acids is 1. The van der Waals surface area contributed by atoms with Crippen LogP contribution >= 0.6 is 0 Å². The Morgan fingerprint density at radius 2 is 1.94 bits per heavy atom. The fourth-order valence-corrected chi connectivity index (χ4v) is 5.53. The Bertz CT molecular complexity index is 1070. The topological polar surface area (TPSA) is 95.8 Å². The molecule has 1 saturated heterocycles. The van der Waals surface area contributed by atoms with E-state index in [1.807, 2.05) is 46.1 Å². The number of anilines is 1. The second-order valence-corrected chi connectivity index (χ2v) is 10.1. The van der Waals surface area contributed by atoms with Gasteiger partial charge in [0.05, 0.1) is 5.92 Å². The van der Waals surface area contributed by atoms with Crippen LogP contribution in [0.3, 0.4) is 0 Å². The molecule has 1 N–H and O–H groups in total. The predicted octanol–water partition coefficient (Wildman–Crippen LogP) is 3.17. The quantitative estimate of drug-likeness (QED) is 0.732. The molecule has 8 nitrogen and oxygen atoms in total. The summed E-state index contributed by atoms with van der Waals surface area (Å²) in [6.45, 7) is 5.98. The number of benzene rings is 1. The molecule has 2 aromatic rings. The minimum Gasteiger partial charge on any atom is -0.383 e. The molecular weight excluding hydrogens is 416 g/mol. The van der Waals surface area contributed by atoms with Crippen molar-refractivity contribution in [3.63, 3.8) is 0 Å². The van der Waals surface area contributed by atoms with Crippen LogP contribution in [0.25, 0.3) is 6.08 Å². The van der Waals surface area contributed by atoms with E-state index in [0.29, 0.717) is 25.1 Å². The molecule has 1 atom stereocenters. The van der Waals surface area contributed by atoms with Gasteiger partial charge in [-0.05, 0) is 44.7 Å². The van der Waals surface area contributed by atoms with Gasteiger partial charge in [0.1, 0.15) is 5.69 Å². The van der Waals surface area contributed by atoms with Crippen LogP contribution in [-0.4, -0.2) is 55.9 Å². The number of amides is 1. The molecule has 0 aliphatic carbocycles. The van der Waals surface area contributed by atoms with E-state index in [0.717, 1.165) is 16.8 Å². The summed E-state index contributed by atoms with van der Waals surface area (Å²) in [6.07, 6.45) is 4.54. The lowest BCUT2D eigenvalue weighted by molar-refractivity contribution is -0.120. The minimum atomic E-state index is -3.86. The number of aromatic nitrogens is 1. The predicted molar refractivity (Wildman–Crippen MR) is 120 cm³/mol.